The quantitative estimate of drug-likeness (QED) is 0.611. The number of aromatic nitrogens is 3. The highest BCUT2D eigenvalue weighted by Gasteiger charge is 2.15. The zero-order valence-corrected chi connectivity index (χ0v) is 12.8. The molecule has 2 heterocycles. The number of nitrogen functional groups attached to an aromatic ring is 1. The van der Waals surface area contributed by atoms with E-state index in [1.807, 2.05) is 68.0 Å². The molecule has 0 bridgehead atoms. The van der Waals surface area contributed by atoms with E-state index < -0.39 is 0 Å². The molecule has 0 unspecified atom stereocenters. The lowest BCUT2D eigenvalue weighted by atomic mass is 10.0. The van der Waals surface area contributed by atoms with E-state index in [2.05, 4.69) is 11.2 Å². The average Bonchev–Trinajstić information content (AvgIpc) is 3.02. The number of nitrogens with zero attached hydrogens (tertiary/aromatic N) is 3. The Morgan fingerprint density at radius 1 is 0.826 bits per heavy atom. The number of benzene rings is 2. The Hall–Kier alpha value is -3.14. The molecule has 0 atom stereocenters. The summed E-state index contributed by atoms with van der Waals surface area (Å²) < 4.78 is 1.78. The normalized spacial score (nSPS) is 11.0. The Bertz CT molecular complexity index is 987. The number of anilines is 1. The summed E-state index contributed by atoms with van der Waals surface area (Å²) in [6, 6.07) is 18.1. The van der Waals surface area contributed by atoms with Crippen molar-refractivity contribution in [3.8, 4) is 22.5 Å². The number of hydrogen-bond donors (Lipinski definition) is 1. The summed E-state index contributed by atoms with van der Waals surface area (Å²) in [7, 11) is 1.90. The van der Waals surface area contributed by atoms with Gasteiger partial charge in [-0.1, -0.05) is 54.6 Å². The summed E-state index contributed by atoms with van der Waals surface area (Å²) in [6.07, 6.45) is 3.81. The minimum atomic E-state index is 0.708. The molecule has 0 saturated heterocycles. The van der Waals surface area contributed by atoms with Gasteiger partial charge in [0.15, 0.2) is 0 Å². The van der Waals surface area contributed by atoms with Crippen molar-refractivity contribution in [2.75, 3.05) is 5.73 Å². The second-order valence-corrected chi connectivity index (χ2v) is 5.54. The third kappa shape index (κ3) is 2.25. The zero-order valence-electron chi connectivity index (χ0n) is 12.8. The molecule has 4 nitrogen and oxygen atoms in total. The number of rotatable bonds is 2. The first-order chi connectivity index (χ1) is 11.2. The van der Waals surface area contributed by atoms with Gasteiger partial charge in [-0.3, -0.25) is 4.68 Å². The molecule has 4 rings (SSSR count). The van der Waals surface area contributed by atoms with Gasteiger partial charge in [0.1, 0.15) is 0 Å². The third-order valence-electron chi connectivity index (χ3n) is 3.98. The Morgan fingerprint density at radius 3 is 2.22 bits per heavy atom. The number of nitrogens with two attached hydrogens (primary N) is 1. The summed E-state index contributed by atoms with van der Waals surface area (Å²) in [5, 5.41) is 6.32. The molecule has 0 aliphatic rings. The van der Waals surface area contributed by atoms with Crippen LogP contribution in [0.5, 0.6) is 0 Å². The Kier molecular flexibility index (Phi) is 3.08. The number of fused-ring (bicyclic) bond motifs is 1. The lowest BCUT2D eigenvalue weighted by Crippen LogP contribution is -1.98. The molecular weight excluding hydrogens is 284 g/mol. The van der Waals surface area contributed by atoms with Crippen LogP contribution in [0.25, 0.3) is 33.3 Å². The van der Waals surface area contributed by atoms with Crippen LogP contribution in [0.2, 0.25) is 0 Å². The number of pyridine rings is 1. The van der Waals surface area contributed by atoms with Crippen LogP contribution >= 0.6 is 0 Å². The molecule has 0 radical (unpaired) electrons. The first-order valence-corrected chi connectivity index (χ1v) is 7.46. The van der Waals surface area contributed by atoms with E-state index in [-0.39, 0.29) is 0 Å². The van der Waals surface area contributed by atoms with E-state index in [4.69, 9.17) is 10.7 Å². The number of aryl methyl sites for hydroxylation is 1. The van der Waals surface area contributed by atoms with Gasteiger partial charge in [-0.05, 0) is 0 Å². The zero-order chi connectivity index (χ0) is 15.8. The van der Waals surface area contributed by atoms with E-state index in [9.17, 15) is 0 Å². The molecule has 0 fully saturated rings. The molecular formula is C19H16N4. The predicted octanol–water partition coefficient (Wildman–Crippen LogP) is 3.88. The molecule has 0 aliphatic carbocycles. The van der Waals surface area contributed by atoms with Gasteiger partial charge in [-0.25, -0.2) is 4.98 Å². The summed E-state index contributed by atoms with van der Waals surface area (Å²) in [4.78, 5) is 4.88. The van der Waals surface area contributed by atoms with E-state index >= 15 is 0 Å². The van der Waals surface area contributed by atoms with Crippen molar-refractivity contribution in [1.82, 2.24) is 14.8 Å². The van der Waals surface area contributed by atoms with Crippen LogP contribution in [-0.4, -0.2) is 14.8 Å². The number of hydrogen-bond acceptors (Lipinski definition) is 3. The molecule has 0 saturated carbocycles. The minimum Gasteiger partial charge on any atom is -0.396 e. The van der Waals surface area contributed by atoms with Crippen molar-refractivity contribution in [2.24, 2.45) is 7.05 Å². The van der Waals surface area contributed by atoms with Crippen molar-refractivity contribution in [2.45, 2.75) is 0 Å². The topological polar surface area (TPSA) is 56.7 Å². The van der Waals surface area contributed by atoms with Gasteiger partial charge in [0.25, 0.3) is 0 Å². The maximum Gasteiger partial charge on any atom is 0.0945 e. The largest absolute Gasteiger partial charge is 0.396 e. The fourth-order valence-corrected chi connectivity index (χ4v) is 2.86. The van der Waals surface area contributed by atoms with Gasteiger partial charge in [-0.2, -0.15) is 5.10 Å². The SMILES string of the molecule is Cn1cc(-c2nc(-c3ccccc3)c(N)c3ccccc23)cn1. The van der Waals surface area contributed by atoms with Crippen LogP contribution < -0.4 is 5.73 Å². The van der Waals surface area contributed by atoms with Crippen LogP contribution in [-0.2, 0) is 7.05 Å². The smallest absolute Gasteiger partial charge is 0.0945 e. The fourth-order valence-electron chi connectivity index (χ4n) is 2.86. The molecule has 2 N–H and O–H groups in total. The maximum atomic E-state index is 6.42. The Balaban J connectivity index is 2.08. The Morgan fingerprint density at radius 2 is 1.52 bits per heavy atom. The first kappa shape index (κ1) is 13.5. The molecule has 2 aromatic heterocycles. The standard InChI is InChI=1S/C19H16N4/c1-23-12-14(11-21-23)18-16-10-6-5-9-15(16)17(20)19(22-18)13-7-3-2-4-8-13/h2-12H,20H2,1H3. The van der Waals surface area contributed by atoms with E-state index in [1.54, 1.807) is 4.68 Å². The van der Waals surface area contributed by atoms with Crippen molar-refractivity contribution in [1.29, 1.82) is 0 Å². The van der Waals surface area contributed by atoms with Crippen LogP contribution in [0.15, 0.2) is 67.0 Å². The highest BCUT2D eigenvalue weighted by atomic mass is 15.2. The molecule has 0 amide bonds. The summed E-state index contributed by atoms with van der Waals surface area (Å²) in [5.74, 6) is 0. The molecule has 4 aromatic rings. The summed E-state index contributed by atoms with van der Waals surface area (Å²) in [6.45, 7) is 0. The maximum absolute atomic E-state index is 6.42. The molecule has 2 aromatic carbocycles. The van der Waals surface area contributed by atoms with Gasteiger partial charge >= 0.3 is 0 Å². The molecule has 0 spiro atoms. The molecule has 0 aliphatic heterocycles. The third-order valence-corrected chi connectivity index (χ3v) is 3.98. The first-order valence-electron chi connectivity index (χ1n) is 7.46. The van der Waals surface area contributed by atoms with Crippen LogP contribution in [0.3, 0.4) is 0 Å². The van der Waals surface area contributed by atoms with E-state index in [0.29, 0.717) is 5.69 Å². The van der Waals surface area contributed by atoms with Crippen molar-refractivity contribution in [3.63, 3.8) is 0 Å². The minimum absolute atomic E-state index is 0.708. The van der Waals surface area contributed by atoms with E-state index in [1.165, 1.54) is 0 Å². The van der Waals surface area contributed by atoms with Crippen molar-refractivity contribution >= 4 is 16.5 Å². The van der Waals surface area contributed by atoms with Crippen molar-refractivity contribution < 1.29 is 0 Å². The Labute approximate surface area is 134 Å². The lowest BCUT2D eigenvalue weighted by molar-refractivity contribution is 0.768. The van der Waals surface area contributed by atoms with Crippen LogP contribution in [0, 0.1) is 0 Å². The lowest BCUT2D eigenvalue weighted by Gasteiger charge is -2.12. The monoisotopic (exact) mass is 300 g/mol. The predicted molar refractivity (Wildman–Crippen MR) is 93.8 cm³/mol. The fraction of sp³-hybridized carbons (Fsp3) is 0.0526. The van der Waals surface area contributed by atoms with Gasteiger partial charge in [-0.15, -0.1) is 0 Å². The molecule has 112 valence electrons. The molecule has 23 heavy (non-hydrogen) atoms. The summed E-state index contributed by atoms with van der Waals surface area (Å²) in [5.41, 5.74) is 10.8. The van der Waals surface area contributed by atoms with Crippen LogP contribution in [0.4, 0.5) is 5.69 Å². The van der Waals surface area contributed by atoms with Crippen LogP contribution in [0.1, 0.15) is 0 Å². The van der Waals surface area contributed by atoms with Gasteiger partial charge in [0.05, 0.1) is 23.3 Å². The van der Waals surface area contributed by atoms with Gasteiger partial charge in [0, 0.05) is 35.1 Å². The van der Waals surface area contributed by atoms with Gasteiger partial charge < -0.3 is 5.73 Å². The highest BCUT2D eigenvalue weighted by molar-refractivity contribution is 6.05. The second kappa shape index (κ2) is 5.25. The average molecular weight is 300 g/mol. The second-order valence-electron chi connectivity index (χ2n) is 5.54. The summed E-state index contributed by atoms with van der Waals surface area (Å²) >= 11 is 0. The van der Waals surface area contributed by atoms with Crippen molar-refractivity contribution in [3.05, 3.63) is 67.0 Å². The highest BCUT2D eigenvalue weighted by Crippen LogP contribution is 2.36. The van der Waals surface area contributed by atoms with Gasteiger partial charge in [0.2, 0.25) is 0 Å². The van der Waals surface area contributed by atoms with E-state index in [0.717, 1.165) is 33.3 Å². The molecule has 4 heteroatoms.